The summed E-state index contributed by atoms with van der Waals surface area (Å²) in [7, 11) is 0. The van der Waals surface area contributed by atoms with Gasteiger partial charge in [0.1, 0.15) is 0 Å². The zero-order valence-corrected chi connectivity index (χ0v) is 13.3. The molecule has 0 aliphatic carbocycles. The quantitative estimate of drug-likeness (QED) is 0.861. The minimum absolute atomic E-state index is 0.0792. The van der Waals surface area contributed by atoms with Crippen molar-refractivity contribution >= 4 is 11.9 Å². The second kappa shape index (κ2) is 8.73. The summed E-state index contributed by atoms with van der Waals surface area (Å²) >= 11 is 0. The molecule has 23 heavy (non-hydrogen) atoms. The standard InChI is InChI=1S/C19H22N2O2/c1-2-18(22)21-19(23)20-17(13-15-9-5-3-6-10-15)14-16-11-7-4-8-12-16/h3-12,17H,2,13-14H2,1H3,(H2,20,21,22,23). The number of nitrogens with one attached hydrogen (secondary N) is 2. The van der Waals surface area contributed by atoms with Crippen LogP contribution in [-0.4, -0.2) is 18.0 Å². The summed E-state index contributed by atoms with van der Waals surface area (Å²) in [4.78, 5) is 23.3. The van der Waals surface area contributed by atoms with E-state index in [0.29, 0.717) is 12.8 Å². The van der Waals surface area contributed by atoms with Gasteiger partial charge in [0, 0.05) is 12.5 Å². The second-order valence-electron chi connectivity index (χ2n) is 5.45. The maximum Gasteiger partial charge on any atom is 0.321 e. The first-order chi connectivity index (χ1) is 11.2. The topological polar surface area (TPSA) is 58.2 Å². The Bertz CT molecular complexity index is 585. The molecule has 0 fully saturated rings. The van der Waals surface area contributed by atoms with E-state index in [4.69, 9.17) is 0 Å². The molecule has 4 nitrogen and oxygen atoms in total. The summed E-state index contributed by atoms with van der Waals surface area (Å²) in [6, 6.07) is 19.5. The normalized spacial score (nSPS) is 10.3. The van der Waals surface area contributed by atoms with Crippen molar-refractivity contribution < 1.29 is 9.59 Å². The molecule has 0 radical (unpaired) electrons. The van der Waals surface area contributed by atoms with Crippen LogP contribution in [0, 0.1) is 0 Å². The summed E-state index contributed by atoms with van der Waals surface area (Å²) in [5, 5.41) is 5.25. The fourth-order valence-corrected chi connectivity index (χ4v) is 2.41. The summed E-state index contributed by atoms with van der Waals surface area (Å²) in [6.07, 6.45) is 1.71. The first kappa shape index (κ1) is 16.7. The van der Waals surface area contributed by atoms with Crippen molar-refractivity contribution in [2.45, 2.75) is 32.2 Å². The molecule has 0 aliphatic rings. The first-order valence-electron chi connectivity index (χ1n) is 7.85. The highest BCUT2D eigenvalue weighted by Gasteiger charge is 2.15. The molecule has 3 amide bonds. The van der Waals surface area contributed by atoms with Gasteiger partial charge in [0.2, 0.25) is 5.91 Å². The van der Waals surface area contributed by atoms with Crippen LogP contribution in [0.2, 0.25) is 0 Å². The van der Waals surface area contributed by atoms with Crippen molar-refractivity contribution in [1.82, 2.24) is 10.6 Å². The van der Waals surface area contributed by atoms with Gasteiger partial charge in [-0.25, -0.2) is 4.79 Å². The molecule has 2 rings (SSSR count). The van der Waals surface area contributed by atoms with Crippen LogP contribution in [0.15, 0.2) is 60.7 Å². The van der Waals surface area contributed by atoms with Crippen molar-refractivity contribution in [3.05, 3.63) is 71.8 Å². The number of imide groups is 1. The average molecular weight is 310 g/mol. The lowest BCUT2D eigenvalue weighted by Gasteiger charge is -2.19. The number of urea groups is 1. The van der Waals surface area contributed by atoms with E-state index in [-0.39, 0.29) is 18.4 Å². The first-order valence-corrected chi connectivity index (χ1v) is 7.85. The van der Waals surface area contributed by atoms with Crippen LogP contribution in [0.1, 0.15) is 24.5 Å². The van der Waals surface area contributed by atoms with Gasteiger partial charge in [0.15, 0.2) is 0 Å². The Morgan fingerprint density at radius 3 is 1.78 bits per heavy atom. The fraction of sp³-hybridized carbons (Fsp3) is 0.263. The minimum Gasteiger partial charge on any atom is -0.334 e. The van der Waals surface area contributed by atoms with E-state index in [1.54, 1.807) is 6.92 Å². The number of carbonyl (C=O) groups is 2. The number of hydrogen-bond donors (Lipinski definition) is 2. The van der Waals surface area contributed by atoms with Gasteiger partial charge in [0.05, 0.1) is 0 Å². The molecule has 2 aromatic rings. The summed E-state index contributed by atoms with van der Waals surface area (Å²) < 4.78 is 0. The van der Waals surface area contributed by atoms with E-state index >= 15 is 0 Å². The molecular weight excluding hydrogens is 288 g/mol. The van der Waals surface area contributed by atoms with Crippen LogP contribution in [0.3, 0.4) is 0 Å². The van der Waals surface area contributed by atoms with E-state index < -0.39 is 6.03 Å². The van der Waals surface area contributed by atoms with Gasteiger partial charge in [-0.1, -0.05) is 67.6 Å². The Morgan fingerprint density at radius 1 is 0.870 bits per heavy atom. The number of hydrogen-bond acceptors (Lipinski definition) is 2. The molecule has 0 heterocycles. The smallest absolute Gasteiger partial charge is 0.321 e. The molecule has 120 valence electrons. The zero-order valence-electron chi connectivity index (χ0n) is 13.3. The fourth-order valence-electron chi connectivity index (χ4n) is 2.41. The van der Waals surface area contributed by atoms with E-state index in [0.717, 1.165) is 11.1 Å². The van der Waals surface area contributed by atoms with Crippen molar-refractivity contribution in [2.75, 3.05) is 0 Å². The van der Waals surface area contributed by atoms with Gasteiger partial charge >= 0.3 is 6.03 Å². The monoisotopic (exact) mass is 310 g/mol. The van der Waals surface area contributed by atoms with Crippen LogP contribution in [-0.2, 0) is 17.6 Å². The largest absolute Gasteiger partial charge is 0.334 e. The van der Waals surface area contributed by atoms with Crippen molar-refractivity contribution in [3.63, 3.8) is 0 Å². The Kier molecular flexibility index (Phi) is 6.36. The van der Waals surface area contributed by atoms with Crippen LogP contribution >= 0.6 is 0 Å². The number of benzene rings is 2. The molecule has 0 unspecified atom stereocenters. The highest BCUT2D eigenvalue weighted by molar-refractivity contribution is 5.94. The van der Waals surface area contributed by atoms with E-state index in [1.807, 2.05) is 60.7 Å². The summed E-state index contributed by atoms with van der Waals surface area (Å²) in [5.74, 6) is -0.277. The van der Waals surface area contributed by atoms with Gasteiger partial charge in [-0.3, -0.25) is 10.1 Å². The molecule has 0 aliphatic heterocycles. The summed E-state index contributed by atoms with van der Waals surface area (Å²) in [5.41, 5.74) is 2.30. The molecule has 2 aromatic carbocycles. The van der Waals surface area contributed by atoms with Crippen molar-refractivity contribution in [3.8, 4) is 0 Å². The third-order valence-corrected chi connectivity index (χ3v) is 3.56. The highest BCUT2D eigenvalue weighted by Crippen LogP contribution is 2.09. The Balaban J connectivity index is 2.04. The number of amides is 3. The molecule has 0 aromatic heterocycles. The van der Waals surface area contributed by atoms with Gasteiger partial charge in [0.25, 0.3) is 0 Å². The molecule has 0 atom stereocenters. The molecule has 0 bridgehead atoms. The third-order valence-electron chi connectivity index (χ3n) is 3.56. The Labute approximate surface area is 136 Å². The van der Waals surface area contributed by atoms with Crippen molar-refractivity contribution in [2.24, 2.45) is 0 Å². The molecule has 0 spiro atoms. The van der Waals surface area contributed by atoms with Gasteiger partial charge in [-0.05, 0) is 24.0 Å². The van der Waals surface area contributed by atoms with Gasteiger partial charge in [-0.2, -0.15) is 0 Å². The van der Waals surface area contributed by atoms with Gasteiger partial charge < -0.3 is 5.32 Å². The van der Waals surface area contributed by atoms with Crippen LogP contribution in [0.5, 0.6) is 0 Å². The van der Waals surface area contributed by atoms with E-state index in [9.17, 15) is 9.59 Å². The number of rotatable bonds is 6. The third kappa shape index (κ3) is 5.94. The molecule has 0 saturated carbocycles. The SMILES string of the molecule is CCC(=O)NC(=O)NC(Cc1ccccc1)Cc1ccccc1. The average Bonchev–Trinajstić information content (AvgIpc) is 2.56. The lowest BCUT2D eigenvalue weighted by Crippen LogP contribution is -2.46. The molecular formula is C19H22N2O2. The predicted octanol–water partition coefficient (Wildman–Crippen LogP) is 3.08. The highest BCUT2D eigenvalue weighted by atomic mass is 16.2. The summed E-state index contributed by atoms with van der Waals surface area (Å²) in [6.45, 7) is 1.72. The Hall–Kier alpha value is -2.62. The van der Waals surface area contributed by atoms with Crippen LogP contribution < -0.4 is 10.6 Å². The molecule has 0 saturated heterocycles. The lowest BCUT2D eigenvalue weighted by molar-refractivity contribution is -0.119. The minimum atomic E-state index is -0.436. The van der Waals surface area contributed by atoms with Crippen molar-refractivity contribution in [1.29, 1.82) is 0 Å². The van der Waals surface area contributed by atoms with E-state index in [2.05, 4.69) is 10.6 Å². The molecule has 2 N–H and O–H groups in total. The maximum atomic E-state index is 12.0. The van der Waals surface area contributed by atoms with Crippen LogP contribution in [0.4, 0.5) is 4.79 Å². The number of carbonyl (C=O) groups excluding carboxylic acids is 2. The lowest BCUT2D eigenvalue weighted by atomic mass is 9.99. The second-order valence-corrected chi connectivity index (χ2v) is 5.45. The predicted molar refractivity (Wildman–Crippen MR) is 91.0 cm³/mol. The Morgan fingerprint density at radius 2 is 1.35 bits per heavy atom. The van der Waals surface area contributed by atoms with Crippen LogP contribution in [0.25, 0.3) is 0 Å². The van der Waals surface area contributed by atoms with E-state index in [1.165, 1.54) is 0 Å². The zero-order chi connectivity index (χ0) is 16.5. The maximum absolute atomic E-state index is 12.0. The van der Waals surface area contributed by atoms with Gasteiger partial charge in [-0.15, -0.1) is 0 Å². The molecule has 4 heteroatoms.